The van der Waals surface area contributed by atoms with E-state index in [1.54, 1.807) is 19.9 Å². The van der Waals surface area contributed by atoms with Crippen LogP contribution in [0.15, 0.2) is 46.9 Å². The molecule has 0 saturated carbocycles. The lowest BCUT2D eigenvalue weighted by Crippen LogP contribution is -2.26. The van der Waals surface area contributed by atoms with Gasteiger partial charge in [0.2, 0.25) is 0 Å². The van der Waals surface area contributed by atoms with Crippen LogP contribution in [-0.4, -0.2) is 36.8 Å². The largest absolute Gasteiger partial charge is 0.478 e. The van der Waals surface area contributed by atoms with Crippen molar-refractivity contribution in [3.8, 4) is 28.3 Å². The second-order valence-electron chi connectivity index (χ2n) is 8.35. The molecule has 4 rings (SSSR count). The predicted octanol–water partition coefficient (Wildman–Crippen LogP) is 5.15. The topological polar surface area (TPSA) is 112 Å². The third-order valence-electron chi connectivity index (χ3n) is 5.17. The molecule has 0 radical (unpaired) electrons. The van der Waals surface area contributed by atoms with Crippen LogP contribution in [0.25, 0.3) is 33.3 Å². The van der Waals surface area contributed by atoms with E-state index in [0.29, 0.717) is 16.6 Å². The van der Waals surface area contributed by atoms with Gasteiger partial charge >= 0.3 is 5.97 Å². The highest BCUT2D eigenvalue weighted by Crippen LogP contribution is 2.39. The van der Waals surface area contributed by atoms with Crippen molar-refractivity contribution in [2.75, 3.05) is 0 Å². The minimum Gasteiger partial charge on any atom is -0.478 e. The number of carbonyl (C=O) groups is 1. The van der Waals surface area contributed by atoms with Gasteiger partial charge in [0, 0.05) is 5.56 Å². The van der Waals surface area contributed by atoms with Gasteiger partial charge in [-0.2, -0.15) is 5.26 Å². The van der Waals surface area contributed by atoms with Crippen molar-refractivity contribution < 1.29 is 23.8 Å². The third-order valence-corrected chi connectivity index (χ3v) is 5.90. The van der Waals surface area contributed by atoms with Gasteiger partial charge in [0.05, 0.1) is 27.7 Å². The van der Waals surface area contributed by atoms with Gasteiger partial charge in [0.1, 0.15) is 28.7 Å². The number of fused-ring (bicyclic) bond motifs is 1. The fraction of sp³-hybridized carbons (Fsp3) is 0.167. The Labute approximate surface area is 201 Å². The number of carboxylic acids is 1. The van der Waals surface area contributed by atoms with Crippen molar-refractivity contribution >= 4 is 32.9 Å². The Bertz CT molecular complexity index is 1500. The Morgan fingerprint density at radius 3 is 2.50 bits per heavy atom. The number of benzene rings is 3. The average molecular weight is 527 g/mol. The Morgan fingerprint density at radius 2 is 1.88 bits per heavy atom. The number of rotatable bonds is 5. The molecule has 34 heavy (non-hydrogen) atoms. The number of aliphatic hydroxyl groups is 1. The summed E-state index contributed by atoms with van der Waals surface area (Å²) in [5, 5.41) is 36.7. The molecular formula is C24H17BrF2N4O3. The number of nitrogens with zero attached hydrogens (tertiary/aromatic N) is 4. The number of carboxylic acid groups (broad SMARTS) is 1. The molecule has 0 atom stereocenters. The minimum absolute atomic E-state index is 0.0634. The first-order valence-electron chi connectivity index (χ1n) is 10.0. The molecule has 7 nitrogen and oxygen atoms in total. The highest BCUT2D eigenvalue weighted by Gasteiger charge is 2.23. The summed E-state index contributed by atoms with van der Waals surface area (Å²) in [6.45, 7) is 3.25. The predicted molar refractivity (Wildman–Crippen MR) is 124 cm³/mol. The van der Waals surface area contributed by atoms with Gasteiger partial charge in [0.25, 0.3) is 0 Å². The van der Waals surface area contributed by atoms with Crippen molar-refractivity contribution in [2.45, 2.75) is 26.0 Å². The zero-order chi connectivity index (χ0) is 24.8. The summed E-state index contributed by atoms with van der Waals surface area (Å²) < 4.78 is 31.5. The summed E-state index contributed by atoms with van der Waals surface area (Å²) in [5.74, 6) is -2.64. The Morgan fingerprint density at radius 1 is 1.15 bits per heavy atom. The van der Waals surface area contributed by atoms with Crippen LogP contribution in [0.3, 0.4) is 0 Å². The summed E-state index contributed by atoms with van der Waals surface area (Å²) in [5.41, 5.74) is 0.252. The molecule has 0 aliphatic carbocycles. The van der Waals surface area contributed by atoms with Crippen LogP contribution >= 0.6 is 15.9 Å². The minimum atomic E-state index is -1.20. The second-order valence-corrected chi connectivity index (χ2v) is 9.14. The summed E-state index contributed by atoms with van der Waals surface area (Å²) in [6.07, 6.45) is 0. The molecule has 10 heteroatoms. The fourth-order valence-corrected chi connectivity index (χ4v) is 4.29. The maximum atomic E-state index is 15.6. The molecular weight excluding hydrogens is 510 g/mol. The van der Waals surface area contributed by atoms with E-state index in [2.05, 4.69) is 26.2 Å². The molecule has 0 aliphatic heterocycles. The first-order valence-corrected chi connectivity index (χ1v) is 10.8. The van der Waals surface area contributed by atoms with E-state index < -0.39 is 23.2 Å². The van der Waals surface area contributed by atoms with E-state index in [9.17, 15) is 19.4 Å². The SMILES string of the molecule is CC(C)(O)Cn1nnc2cc(-c3ccc(C(=O)O)cc3-c3ccc(C#N)c(F)c3)c(F)c(Br)c21. The molecule has 2 N–H and O–H groups in total. The molecule has 0 fully saturated rings. The smallest absolute Gasteiger partial charge is 0.335 e. The van der Waals surface area contributed by atoms with Gasteiger partial charge < -0.3 is 10.2 Å². The first kappa shape index (κ1) is 23.5. The fourth-order valence-electron chi connectivity index (χ4n) is 3.67. The van der Waals surface area contributed by atoms with Gasteiger partial charge in [-0.25, -0.2) is 18.3 Å². The van der Waals surface area contributed by atoms with Crippen LogP contribution in [0.4, 0.5) is 8.78 Å². The van der Waals surface area contributed by atoms with Crippen molar-refractivity contribution in [3.05, 3.63) is 69.7 Å². The molecule has 0 bridgehead atoms. The monoisotopic (exact) mass is 526 g/mol. The number of nitriles is 1. The maximum Gasteiger partial charge on any atom is 0.335 e. The van der Waals surface area contributed by atoms with Gasteiger partial charge in [-0.05, 0) is 76.8 Å². The zero-order valence-electron chi connectivity index (χ0n) is 18.0. The standard InChI is InChI=1S/C24H17BrF2N4O3/c1-24(2,34)11-31-22-19(29-30-31)9-17(21(27)20(22)25)15-6-5-13(23(32)33)7-16(15)12-3-4-14(10-28)18(26)8-12/h3-9,34H,11H2,1-2H3,(H,32,33). The van der Waals surface area contributed by atoms with Crippen LogP contribution < -0.4 is 0 Å². The molecule has 172 valence electrons. The summed E-state index contributed by atoms with van der Waals surface area (Å²) in [6, 6.07) is 11.1. The van der Waals surface area contributed by atoms with Crippen molar-refractivity contribution in [1.82, 2.24) is 15.0 Å². The van der Waals surface area contributed by atoms with E-state index in [4.69, 9.17) is 5.26 Å². The molecule has 0 spiro atoms. The number of aromatic carboxylic acids is 1. The lowest BCUT2D eigenvalue weighted by molar-refractivity contribution is 0.0584. The highest BCUT2D eigenvalue weighted by atomic mass is 79.9. The molecule has 0 saturated heterocycles. The number of hydrogen-bond donors (Lipinski definition) is 2. The second kappa shape index (κ2) is 8.59. The van der Waals surface area contributed by atoms with Crippen LogP contribution in [0, 0.1) is 23.0 Å². The Balaban J connectivity index is 1.97. The highest BCUT2D eigenvalue weighted by molar-refractivity contribution is 9.10. The molecule has 0 amide bonds. The lowest BCUT2D eigenvalue weighted by atomic mass is 9.91. The lowest BCUT2D eigenvalue weighted by Gasteiger charge is -2.18. The summed E-state index contributed by atoms with van der Waals surface area (Å²) >= 11 is 3.27. The van der Waals surface area contributed by atoms with E-state index >= 15 is 4.39 Å². The summed E-state index contributed by atoms with van der Waals surface area (Å²) in [4.78, 5) is 11.6. The maximum absolute atomic E-state index is 15.6. The molecule has 3 aromatic carbocycles. The van der Waals surface area contributed by atoms with Gasteiger partial charge in [0.15, 0.2) is 0 Å². The number of aromatic nitrogens is 3. The Hall–Kier alpha value is -3.68. The first-order chi connectivity index (χ1) is 16.0. The molecule has 0 aliphatic rings. The van der Waals surface area contributed by atoms with Crippen LogP contribution in [-0.2, 0) is 6.54 Å². The van der Waals surface area contributed by atoms with E-state index in [-0.39, 0.29) is 38.8 Å². The summed E-state index contributed by atoms with van der Waals surface area (Å²) in [7, 11) is 0. The van der Waals surface area contributed by atoms with E-state index in [1.807, 2.05) is 0 Å². The molecule has 1 heterocycles. The van der Waals surface area contributed by atoms with Gasteiger partial charge in [-0.3, -0.25) is 0 Å². The van der Waals surface area contributed by atoms with Crippen molar-refractivity contribution in [3.63, 3.8) is 0 Å². The molecule has 0 unspecified atom stereocenters. The van der Waals surface area contributed by atoms with Crippen LogP contribution in [0.5, 0.6) is 0 Å². The van der Waals surface area contributed by atoms with Gasteiger partial charge in [-0.1, -0.05) is 17.3 Å². The Kier molecular flexibility index (Phi) is 5.93. The van der Waals surface area contributed by atoms with Crippen LogP contribution in [0.1, 0.15) is 29.8 Å². The zero-order valence-corrected chi connectivity index (χ0v) is 19.6. The van der Waals surface area contributed by atoms with E-state index in [1.165, 1.54) is 41.1 Å². The van der Waals surface area contributed by atoms with E-state index in [0.717, 1.165) is 6.07 Å². The van der Waals surface area contributed by atoms with Crippen molar-refractivity contribution in [1.29, 1.82) is 5.26 Å². The van der Waals surface area contributed by atoms with Crippen LogP contribution in [0.2, 0.25) is 0 Å². The number of hydrogen-bond acceptors (Lipinski definition) is 5. The third kappa shape index (κ3) is 4.27. The van der Waals surface area contributed by atoms with Gasteiger partial charge in [-0.15, -0.1) is 5.10 Å². The average Bonchev–Trinajstić information content (AvgIpc) is 3.16. The quantitative estimate of drug-likeness (QED) is 0.372. The number of halogens is 3. The molecule has 1 aromatic heterocycles. The molecule has 4 aromatic rings. The normalized spacial score (nSPS) is 11.6. The van der Waals surface area contributed by atoms with Crippen molar-refractivity contribution in [2.24, 2.45) is 0 Å².